The molecule has 2 N–H and O–H groups in total. The molecule has 8 aromatic heterocycles. The molecule has 0 radical (unpaired) electrons. The van der Waals surface area contributed by atoms with Gasteiger partial charge in [-0.1, -0.05) is 17.7 Å². The van der Waals surface area contributed by atoms with Crippen LogP contribution in [0.5, 0.6) is 11.5 Å². The van der Waals surface area contributed by atoms with E-state index in [0.717, 1.165) is 12.4 Å². The first-order chi connectivity index (χ1) is 33.5. The van der Waals surface area contributed by atoms with E-state index >= 15 is 4.39 Å². The standard InChI is InChI=1S/C52H47BrClF2N9O6/c1-26-13-31(55)22-59-39(26)24-70-43-14-29(4)64(48(66)46(43)53)41-19-37(58-21-27(41)2)38-17-35(62-50(63-38)52(8,9)69)33-16-32(56)23-60-40(33)25-71-44-15-30(5)65(49(67)47(44)54)42-18-36(57-20-28(42)3)34-11-10-12-45(61-34)51(6,7)68/h10-23,68-69H,24-25H2,1-9H3. The second-order valence-electron chi connectivity index (χ2n) is 18.1. The van der Waals surface area contributed by atoms with Crippen LogP contribution in [0.15, 0.2) is 99.5 Å². The van der Waals surface area contributed by atoms with E-state index < -0.39 is 34.0 Å². The number of hydrogen-bond acceptors (Lipinski definition) is 13. The predicted octanol–water partition coefficient (Wildman–Crippen LogP) is 9.60. The molecule has 0 aliphatic heterocycles. The zero-order valence-electron chi connectivity index (χ0n) is 40.1. The number of halogens is 4. The number of aliphatic hydroxyl groups is 2. The summed E-state index contributed by atoms with van der Waals surface area (Å²) in [6, 6.07) is 16.1. The number of nitrogens with zero attached hydrogens (tertiary/aromatic N) is 9. The minimum absolute atomic E-state index is 0.00348. The van der Waals surface area contributed by atoms with Crippen molar-refractivity contribution in [1.29, 1.82) is 0 Å². The third kappa shape index (κ3) is 10.5. The van der Waals surface area contributed by atoms with Crippen LogP contribution in [-0.4, -0.2) is 54.2 Å². The van der Waals surface area contributed by atoms with Gasteiger partial charge in [0.1, 0.15) is 57.0 Å². The van der Waals surface area contributed by atoms with Crippen molar-refractivity contribution in [1.82, 2.24) is 44.0 Å². The van der Waals surface area contributed by atoms with Crippen molar-refractivity contribution in [3.05, 3.63) is 178 Å². The van der Waals surface area contributed by atoms with E-state index in [4.69, 9.17) is 21.1 Å². The summed E-state index contributed by atoms with van der Waals surface area (Å²) in [5.74, 6) is -0.867. The highest BCUT2D eigenvalue weighted by molar-refractivity contribution is 9.10. The number of aromatic nitrogens is 9. The van der Waals surface area contributed by atoms with Gasteiger partial charge in [0.2, 0.25) is 0 Å². The minimum atomic E-state index is -1.59. The Labute approximate surface area is 420 Å². The van der Waals surface area contributed by atoms with E-state index in [-0.39, 0.29) is 62.7 Å². The molecule has 0 saturated carbocycles. The third-order valence-corrected chi connectivity index (χ3v) is 12.6. The number of rotatable bonds is 13. The molecule has 19 heteroatoms. The molecular formula is C52H47BrClF2N9O6. The zero-order chi connectivity index (χ0) is 51.3. The van der Waals surface area contributed by atoms with Crippen LogP contribution in [0.25, 0.3) is 45.4 Å². The topological polar surface area (TPSA) is 193 Å². The smallest absolute Gasteiger partial charge is 0.277 e. The maximum atomic E-state index is 15.2. The van der Waals surface area contributed by atoms with Gasteiger partial charge >= 0.3 is 0 Å². The second-order valence-corrected chi connectivity index (χ2v) is 19.2. The molecule has 15 nitrogen and oxygen atoms in total. The maximum Gasteiger partial charge on any atom is 0.277 e. The SMILES string of the molecule is Cc1cnc(-c2cccc(C(C)(C)O)n2)cc1-n1c(C)cc(OCc2ncc(F)cc2-c2cc(-c3cc(-n4c(C)cc(OCc5ncc(F)cc5C)c(Br)c4=O)c(C)cn3)nc(C(C)(C)O)n2)c(Cl)c1=O. The Bertz CT molecular complexity index is 3540. The molecule has 0 aromatic carbocycles. The van der Waals surface area contributed by atoms with Gasteiger partial charge in [0.05, 0.1) is 69.3 Å². The van der Waals surface area contributed by atoms with E-state index in [1.165, 1.54) is 35.1 Å². The molecule has 0 amide bonds. The molecular weight excluding hydrogens is 1000 g/mol. The average Bonchev–Trinajstić information content (AvgIpc) is 3.31. The Morgan fingerprint density at radius 2 is 1.15 bits per heavy atom. The van der Waals surface area contributed by atoms with Crippen LogP contribution in [-0.2, 0) is 24.4 Å². The number of hydrogen-bond donors (Lipinski definition) is 2. The van der Waals surface area contributed by atoms with Crippen molar-refractivity contribution in [2.45, 2.75) is 86.7 Å². The van der Waals surface area contributed by atoms with Gasteiger partial charge in [0.15, 0.2) is 5.82 Å². The molecule has 0 spiro atoms. The Morgan fingerprint density at radius 1 is 0.606 bits per heavy atom. The summed E-state index contributed by atoms with van der Waals surface area (Å²) in [5.41, 5.74) is 3.12. The molecule has 0 bridgehead atoms. The van der Waals surface area contributed by atoms with Gasteiger partial charge in [0, 0.05) is 41.5 Å². The molecule has 8 rings (SSSR count). The number of pyridine rings is 7. The summed E-state index contributed by atoms with van der Waals surface area (Å²) in [5, 5.41) is 21.6. The minimum Gasteiger partial charge on any atom is -0.486 e. The summed E-state index contributed by atoms with van der Waals surface area (Å²) >= 11 is 10.2. The fourth-order valence-electron chi connectivity index (χ4n) is 7.68. The summed E-state index contributed by atoms with van der Waals surface area (Å²) in [6.07, 6.45) is 5.33. The van der Waals surface area contributed by atoms with E-state index in [0.29, 0.717) is 67.9 Å². The van der Waals surface area contributed by atoms with E-state index in [1.54, 1.807) is 102 Å². The first-order valence-corrected chi connectivity index (χ1v) is 23.3. The zero-order valence-corrected chi connectivity index (χ0v) is 42.4. The Balaban J connectivity index is 1.12. The van der Waals surface area contributed by atoms with E-state index in [1.807, 2.05) is 6.92 Å². The number of aryl methyl sites for hydroxylation is 5. The van der Waals surface area contributed by atoms with Gasteiger partial charge in [-0.3, -0.25) is 38.7 Å². The maximum absolute atomic E-state index is 15.2. The lowest BCUT2D eigenvalue weighted by Crippen LogP contribution is -2.23. The van der Waals surface area contributed by atoms with Crippen molar-refractivity contribution < 1.29 is 28.5 Å². The van der Waals surface area contributed by atoms with Crippen molar-refractivity contribution >= 4 is 27.5 Å². The molecule has 0 aliphatic carbocycles. The van der Waals surface area contributed by atoms with Crippen molar-refractivity contribution in [3.8, 4) is 56.9 Å². The van der Waals surface area contributed by atoms with E-state index in [9.17, 15) is 24.2 Å². The first kappa shape index (κ1) is 50.3. The molecule has 0 unspecified atom stereocenters. The van der Waals surface area contributed by atoms with Gasteiger partial charge in [-0.2, -0.15) is 0 Å². The lowest BCUT2D eigenvalue weighted by molar-refractivity contribution is 0.0689. The lowest BCUT2D eigenvalue weighted by atomic mass is 10.0. The molecule has 8 heterocycles. The molecule has 8 aromatic rings. The van der Waals surface area contributed by atoms with E-state index in [2.05, 4.69) is 50.8 Å². The Morgan fingerprint density at radius 3 is 1.77 bits per heavy atom. The quantitative estimate of drug-likeness (QED) is 0.111. The van der Waals surface area contributed by atoms with Crippen LogP contribution < -0.4 is 20.6 Å². The Hall–Kier alpha value is -7.12. The fraction of sp³-hybridized carbons (Fsp3) is 0.250. The molecule has 0 atom stereocenters. The normalized spacial score (nSPS) is 11.8. The molecule has 364 valence electrons. The molecule has 71 heavy (non-hydrogen) atoms. The third-order valence-electron chi connectivity index (χ3n) is 11.5. The van der Waals surface area contributed by atoms with Gasteiger partial charge < -0.3 is 19.7 Å². The van der Waals surface area contributed by atoms with Crippen molar-refractivity contribution in [2.75, 3.05) is 0 Å². The van der Waals surface area contributed by atoms with Crippen molar-refractivity contribution in [2.24, 2.45) is 0 Å². The van der Waals surface area contributed by atoms with Gasteiger partial charge in [-0.25, -0.2) is 23.7 Å². The van der Waals surface area contributed by atoms with Gasteiger partial charge in [-0.05, 0) is 137 Å². The van der Waals surface area contributed by atoms with Crippen LogP contribution in [0.4, 0.5) is 8.78 Å². The highest BCUT2D eigenvalue weighted by Crippen LogP contribution is 2.33. The largest absolute Gasteiger partial charge is 0.486 e. The highest BCUT2D eigenvalue weighted by atomic mass is 79.9. The predicted molar refractivity (Wildman–Crippen MR) is 267 cm³/mol. The number of ether oxygens (including phenoxy) is 2. The van der Waals surface area contributed by atoms with Gasteiger partial charge in [0.25, 0.3) is 11.1 Å². The molecule has 0 saturated heterocycles. The average molecular weight is 1050 g/mol. The van der Waals surface area contributed by atoms with Crippen LogP contribution in [0.2, 0.25) is 5.02 Å². The first-order valence-electron chi connectivity index (χ1n) is 22.1. The summed E-state index contributed by atoms with van der Waals surface area (Å²) in [4.78, 5) is 59.7. The Kier molecular flexibility index (Phi) is 13.9. The summed E-state index contributed by atoms with van der Waals surface area (Å²) < 4.78 is 44.1. The molecule has 0 fully saturated rings. The van der Waals surface area contributed by atoms with Crippen molar-refractivity contribution in [3.63, 3.8) is 0 Å². The fourth-order valence-corrected chi connectivity index (χ4v) is 8.28. The van der Waals surface area contributed by atoms with Crippen LogP contribution in [0.1, 0.15) is 78.7 Å². The highest BCUT2D eigenvalue weighted by Gasteiger charge is 2.26. The summed E-state index contributed by atoms with van der Waals surface area (Å²) in [6.45, 7) is 14.8. The lowest BCUT2D eigenvalue weighted by Gasteiger charge is -2.20. The molecule has 0 aliphatic rings. The van der Waals surface area contributed by atoms with Crippen LogP contribution in [0, 0.1) is 46.3 Å². The van der Waals surface area contributed by atoms with Crippen LogP contribution in [0.3, 0.4) is 0 Å². The second kappa shape index (κ2) is 19.6. The monoisotopic (exact) mass is 1050 g/mol. The van der Waals surface area contributed by atoms with Crippen LogP contribution >= 0.6 is 27.5 Å². The van der Waals surface area contributed by atoms with Gasteiger partial charge in [-0.15, -0.1) is 0 Å². The summed E-state index contributed by atoms with van der Waals surface area (Å²) in [7, 11) is 0.